The van der Waals surface area contributed by atoms with Gasteiger partial charge in [-0.15, -0.1) is 29.8 Å². The Balaban J connectivity index is 0.00000264. The fourth-order valence-electron chi connectivity index (χ4n) is 1.81. The van der Waals surface area contributed by atoms with Gasteiger partial charge in [0.15, 0.2) is 0 Å². The molecule has 0 saturated carbocycles. The second kappa shape index (κ2) is 7.40. The Morgan fingerprint density at radius 2 is 1.26 bits per heavy atom. The summed E-state index contributed by atoms with van der Waals surface area (Å²) in [4.78, 5) is 0. The van der Waals surface area contributed by atoms with Gasteiger partial charge in [0, 0.05) is 5.69 Å². The average molecular weight is 346 g/mol. The Morgan fingerprint density at radius 1 is 0.783 bits per heavy atom. The van der Waals surface area contributed by atoms with Crippen molar-refractivity contribution < 1.29 is 35.7 Å². The van der Waals surface area contributed by atoms with E-state index in [9.17, 15) is 16.8 Å². The van der Waals surface area contributed by atoms with Crippen LogP contribution >= 0.6 is 0 Å². The zero-order valence-electron chi connectivity index (χ0n) is 13.0. The topological polar surface area (TPSA) is 92.3 Å². The number of hydrogen-bond acceptors (Lipinski definition) is 4. The summed E-state index contributed by atoms with van der Waals surface area (Å²) >= 11 is 0. The molecule has 0 radical (unpaired) electrons. The van der Waals surface area contributed by atoms with E-state index in [1.54, 1.807) is 42.5 Å². The first kappa shape index (κ1) is 19.6. The number of anilines is 2. The second-order valence-electron chi connectivity index (χ2n) is 4.82. The van der Waals surface area contributed by atoms with Crippen molar-refractivity contribution in [2.24, 2.45) is 0 Å². The van der Waals surface area contributed by atoms with E-state index in [0.717, 1.165) is 23.6 Å². The van der Waals surface area contributed by atoms with Gasteiger partial charge in [0.1, 0.15) is 0 Å². The van der Waals surface area contributed by atoms with Crippen molar-refractivity contribution >= 4 is 31.4 Å². The smallest absolute Gasteiger partial charge is 0.324 e. The van der Waals surface area contributed by atoms with Crippen molar-refractivity contribution in [1.29, 1.82) is 0 Å². The molecular weight excluding hydrogens is 331 g/mol. The third-order valence-corrected chi connectivity index (χ3v) is 3.83. The van der Waals surface area contributed by atoms with Gasteiger partial charge in [-0.05, 0) is 17.8 Å². The standard InChI is InChI=1S/C14H15N2O4S2.Li/c1-21(17,18)15-13-7-3-11(4-8-13)12-5-9-14(10-6-12)16-22(2,19)20;/h3-5,7-10,15-16H,1-2H3;/q-1;+1. The fraction of sp³-hybridized carbons (Fsp3) is 0.143. The van der Waals surface area contributed by atoms with Gasteiger partial charge >= 0.3 is 18.9 Å². The van der Waals surface area contributed by atoms with Crippen molar-refractivity contribution in [2.45, 2.75) is 0 Å². The molecule has 6 nitrogen and oxygen atoms in total. The summed E-state index contributed by atoms with van der Waals surface area (Å²) in [7, 11) is -6.61. The maximum absolute atomic E-state index is 11.1. The summed E-state index contributed by atoms with van der Waals surface area (Å²) in [5.41, 5.74) is 2.51. The molecule has 0 bridgehead atoms. The molecule has 2 aromatic carbocycles. The zero-order valence-corrected chi connectivity index (χ0v) is 14.6. The van der Waals surface area contributed by atoms with E-state index in [1.165, 1.54) is 0 Å². The average Bonchev–Trinajstić information content (AvgIpc) is 2.37. The SMILES string of the molecule is CS(=O)(=O)Nc1c[c-]c(-c2ccc(NS(C)(=O)=O)cc2)cc1.[Li+]. The Hall–Kier alpha value is -1.46. The van der Waals surface area contributed by atoms with Crippen LogP contribution in [0.15, 0.2) is 42.5 Å². The van der Waals surface area contributed by atoms with Gasteiger partial charge in [0.05, 0.1) is 12.5 Å². The van der Waals surface area contributed by atoms with Gasteiger partial charge in [0.2, 0.25) is 20.0 Å². The molecule has 23 heavy (non-hydrogen) atoms. The summed E-state index contributed by atoms with van der Waals surface area (Å²) < 4.78 is 49.3. The number of nitrogens with one attached hydrogen (secondary N) is 2. The summed E-state index contributed by atoms with van der Waals surface area (Å²) in [5.74, 6) is 0. The van der Waals surface area contributed by atoms with Crippen molar-refractivity contribution in [3.8, 4) is 11.1 Å². The largest absolute Gasteiger partial charge is 1.00 e. The first-order valence-corrected chi connectivity index (χ1v) is 9.98. The Morgan fingerprint density at radius 3 is 1.70 bits per heavy atom. The fourth-order valence-corrected chi connectivity index (χ4v) is 2.93. The maximum Gasteiger partial charge on any atom is 1.00 e. The van der Waals surface area contributed by atoms with Crippen LogP contribution in [0.3, 0.4) is 0 Å². The zero-order chi connectivity index (χ0) is 16.4. The molecule has 2 aromatic rings. The number of benzene rings is 2. The molecule has 0 unspecified atom stereocenters. The van der Waals surface area contributed by atoms with E-state index in [0.29, 0.717) is 11.4 Å². The molecule has 0 amide bonds. The minimum atomic E-state index is -3.31. The molecule has 0 aliphatic rings. The van der Waals surface area contributed by atoms with Crippen molar-refractivity contribution in [2.75, 3.05) is 22.0 Å². The number of sulfonamides is 2. The molecule has 118 valence electrons. The van der Waals surface area contributed by atoms with Gasteiger partial charge in [-0.25, -0.2) is 16.8 Å². The van der Waals surface area contributed by atoms with Crippen LogP contribution in [-0.4, -0.2) is 29.3 Å². The van der Waals surface area contributed by atoms with E-state index in [-0.39, 0.29) is 18.9 Å². The van der Waals surface area contributed by atoms with Crippen LogP contribution < -0.4 is 28.3 Å². The van der Waals surface area contributed by atoms with Gasteiger partial charge in [0.25, 0.3) is 0 Å². The second-order valence-corrected chi connectivity index (χ2v) is 8.31. The Labute approximate surface area is 148 Å². The van der Waals surface area contributed by atoms with Crippen molar-refractivity contribution in [1.82, 2.24) is 0 Å². The first-order valence-electron chi connectivity index (χ1n) is 6.20. The predicted octanol–water partition coefficient (Wildman–Crippen LogP) is -1.10. The van der Waals surface area contributed by atoms with Crippen LogP contribution in [0.1, 0.15) is 0 Å². The van der Waals surface area contributed by atoms with Gasteiger partial charge < -0.3 is 4.72 Å². The first-order chi connectivity index (χ1) is 10.1. The molecule has 0 aromatic heterocycles. The quantitative estimate of drug-likeness (QED) is 0.531. The summed E-state index contributed by atoms with van der Waals surface area (Å²) in [6.45, 7) is 0. The van der Waals surface area contributed by atoms with Crippen LogP contribution in [0.5, 0.6) is 0 Å². The Kier molecular flexibility index (Phi) is 6.30. The minimum absolute atomic E-state index is 0. The molecule has 0 aliphatic carbocycles. The van der Waals surface area contributed by atoms with Crippen LogP contribution in [0.25, 0.3) is 11.1 Å². The van der Waals surface area contributed by atoms with Crippen LogP contribution in [-0.2, 0) is 20.0 Å². The third-order valence-electron chi connectivity index (χ3n) is 2.62. The molecule has 0 heterocycles. The van der Waals surface area contributed by atoms with Crippen LogP contribution in [0.2, 0.25) is 0 Å². The molecule has 0 aliphatic heterocycles. The van der Waals surface area contributed by atoms with E-state index in [4.69, 9.17) is 0 Å². The maximum atomic E-state index is 11.1. The monoisotopic (exact) mass is 346 g/mol. The molecule has 2 rings (SSSR count). The van der Waals surface area contributed by atoms with Crippen molar-refractivity contribution in [3.05, 3.63) is 48.5 Å². The van der Waals surface area contributed by atoms with Gasteiger partial charge in [-0.3, -0.25) is 4.72 Å². The van der Waals surface area contributed by atoms with Gasteiger partial charge in [-0.2, -0.15) is 0 Å². The number of hydrogen-bond donors (Lipinski definition) is 2. The summed E-state index contributed by atoms with van der Waals surface area (Å²) in [6.07, 6.45) is 2.16. The molecule has 9 heteroatoms. The van der Waals surface area contributed by atoms with Crippen molar-refractivity contribution in [3.63, 3.8) is 0 Å². The molecular formula is C14H15LiN2O4S2. The molecule has 0 atom stereocenters. The molecule has 0 fully saturated rings. The Bertz CT molecular complexity index is 786. The summed E-state index contributed by atoms with van der Waals surface area (Å²) in [5, 5.41) is 0. The van der Waals surface area contributed by atoms with Gasteiger partial charge in [-0.1, -0.05) is 17.7 Å². The van der Waals surface area contributed by atoms with E-state index < -0.39 is 20.0 Å². The third kappa shape index (κ3) is 6.67. The summed E-state index contributed by atoms with van der Waals surface area (Å²) in [6, 6.07) is 14.7. The molecule has 0 spiro atoms. The normalized spacial score (nSPS) is 11.4. The van der Waals surface area contributed by atoms with Crippen LogP contribution in [0.4, 0.5) is 11.4 Å². The van der Waals surface area contributed by atoms with Crippen LogP contribution in [0, 0.1) is 6.07 Å². The van der Waals surface area contributed by atoms with E-state index in [2.05, 4.69) is 15.5 Å². The van der Waals surface area contributed by atoms with E-state index in [1.807, 2.05) is 0 Å². The number of rotatable bonds is 5. The minimum Gasteiger partial charge on any atom is -0.324 e. The predicted molar refractivity (Wildman–Crippen MR) is 87.6 cm³/mol. The molecule has 2 N–H and O–H groups in total. The van der Waals surface area contributed by atoms with E-state index >= 15 is 0 Å². The molecule has 0 saturated heterocycles.